The molecular weight excluding hydrogens is 228 g/mol. The molecule has 1 aliphatic rings. The highest BCUT2D eigenvalue weighted by Crippen LogP contribution is 2.26. The Bertz CT molecular complexity index is 358. The van der Waals surface area contributed by atoms with Crippen LogP contribution in [0.25, 0.3) is 0 Å². The highest BCUT2D eigenvalue weighted by atomic mass is 16.5. The lowest BCUT2D eigenvalue weighted by atomic mass is 9.97. The SMILES string of the molecule is CCN1CCC(c2nc(CC(C)NC)no2)CC1. The third kappa shape index (κ3) is 3.29. The molecule has 1 saturated heterocycles. The number of nitrogens with one attached hydrogen (secondary N) is 1. The number of likely N-dealkylation sites (tertiary alicyclic amines) is 1. The van der Waals surface area contributed by atoms with Gasteiger partial charge in [-0.3, -0.25) is 0 Å². The molecule has 1 aromatic heterocycles. The molecule has 2 rings (SSSR count). The average Bonchev–Trinajstić information content (AvgIpc) is 2.87. The van der Waals surface area contributed by atoms with Crippen molar-refractivity contribution < 1.29 is 4.52 Å². The molecule has 0 spiro atoms. The van der Waals surface area contributed by atoms with Crippen LogP contribution >= 0.6 is 0 Å². The largest absolute Gasteiger partial charge is 0.339 e. The molecule has 1 aliphatic heterocycles. The number of nitrogens with zero attached hydrogens (tertiary/aromatic N) is 3. The molecule has 1 N–H and O–H groups in total. The molecule has 2 heterocycles. The predicted octanol–water partition coefficient (Wildman–Crippen LogP) is 1.42. The van der Waals surface area contributed by atoms with Crippen LogP contribution in [0.15, 0.2) is 4.52 Å². The molecule has 0 aliphatic carbocycles. The lowest BCUT2D eigenvalue weighted by Gasteiger charge is -2.28. The molecule has 5 nitrogen and oxygen atoms in total. The maximum Gasteiger partial charge on any atom is 0.229 e. The van der Waals surface area contributed by atoms with Gasteiger partial charge in [-0.2, -0.15) is 4.98 Å². The van der Waals surface area contributed by atoms with E-state index in [1.165, 1.54) is 0 Å². The highest BCUT2D eigenvalue weighted by Gasteiger charge is 2.24. The summed E-state index contributed by atoms with van der Waals surface area (Å²) < 4.78 is 5.41. The minimum atomic E-state index is 0.386. The average molecular weight is 252 g/mol. The van der Waals surface area contributed by atoms with Crippen molar-refractivity contribution >= 4 is 0 Å². The van der Waals surface area contributed by atoms with E-state index in [9.17, 15) is 0 Å². The fourth-order valence-electron chi connectivity index (χ4n) is 2.39. The Morgan fingerprint density at radius 2 is 2.17 bits per heavy atom. The van der Waals surface area contributed by atoms with Crippen molar-refractivity contribution in [1.29, 1.82) is 0 Å². The standard InChI is InChI=1S/C13H24N4O/c1-4-17-7-5-11(6-8-17)13-15-12(16-18-13)9-10(2)14-3/h10-11,14H,4-9H2,1-3H3. The van der Waals surface area contributed by atoms with Crippen molar-refractivity contribution in [1.82, 2.24) is 20.4 Å². The Balaban J connectivity index is 1.90. The first-order chi connectivity index (χ1) is 8.72. The number of piperidine rings is 1. The number of hydrogen-bond donors (Lipinski definition) is 1. The molecule has 18 heavy (non-hydrogen) atoms. The fraction of sp³-hybridized carbons (Fsp3) is 0.846. The maximum atomic E-state index is 5.41. The summed E-state index contributed by atoms with van der Waals surface area (Å²) in [5.74, 6) is 2.12. The van der Waals surface area contributed by atoms with Crippen molar-refractivity contribution in [3.63, 3.8) is 0 Å². The van der Waals surface area contributed by atoms with E-state index >= 15 is 0 Å². The smallest absolute Gasteiger partial charge is 0.229 e. The molecule has 1 aromatic rings. The van der Waals surface area contributed by atoms with E-state index in [4.69, 9.17) is 4.52 Å². The summed E-state index contributed by atoms with van der Waals surface area (Å²) in [4.78, 5) is 7.01. The van der Waals surface area contributed by atoms with Gasteiger partial charge in [0.15, 0.2) is 5.82 Å². The molecular formula is C13H24N4O. The predicted molar refractivity (Wildman–Crippen MR) is 70.6 cm³/mol. The van der Waals surface area contributed by atoms with Crippen LogP contribution in [0, 0.1) is 0 Å². The minimum absolute atomic E-state index is 0.386. The van der Waals surface area contributed by atoms with Gasteiger partial charge < -0.3 is 14.7 Å². The zero-order valence-electron chi connectivity index (χ0n) is 11.6. The van der Waals surface area contributed by atoms with Crippen molar-refractivity contribution in [3.05, 3.63) is 11.7 Å². The second kappa shape index (κ2) is 6.29. The summed E-state index contributed by atoms with van der Waals surface area (Å²) >= 11 is 0. The zero-order valence-corrected chi connectivity index (χ0v) is 11.6. The normalized spacial score (nSPS) is 20.2. The van der Waals surface area contributed by atoms with E-state index in [1.807, 2.05) is 7.05 Å². The maximum absolute atomic E-state index is 5.41. The number of aromatic nitrogens is 2. The summed E-state index contributed by atoms with van der Waals surface area (Å²) in [6.07, 6.45) is 3.10. The van der Waals surface area contributed by atoms with Crippen LogP contribution in [0.4, 0.5) is 0 Å². The van der Waals surface area contributed by atoms with Gasteiger partial charge in [-0.15, -0.1) is 0 Å². The highest BCUT2D eigenvalue weighted by molar-refractivity contribution is 4.97. The van der Waals surface area contributed by atoms with Crippen molar-refractivity contribution in [2.75, 3.05) is 26.7 Å². The van der Waals surface area contributed by atoms with Gasteiger partial charge in [0.1, 0.15) is 0 Å². The van der Waals surface area contributed by atoms with Gasteiger partial charge in [-0.05, 0) is 46.4 Å². The Hall–Kier alpha value is -0.940. The van der Waals surface area contributed by atoms with Crippen LogP contribution in [0.3, 0.4) is 0 Å². The van der Waals surface area contributed by atoms with Crippen LogP contribution in [-0.4, -0.2) is 47.8 Å². The Morgan fingerprint density at radius 3 is 2.78 bits per heavy atom. The van der Waals surface area contributed by atoms with Gasteiger partial charge in [-0.25, -0.2) is 0 Å². The molecule has 1 fully saturated rings. The second-order valence-corrected chi connectivity index (χ2v) is 5.15. The van der Waals surface area contributed by atoms with E-state index in [0.29, 0.717) is 12.0 Å². The summed E-state index contributed by atoms with van der Waals surface area (Å²) in [6, 6.07) is 0.386. The van der Waals surface area contributed by atoms with E-state index in [0.717, 1.165) is 50.6 Å². The van der Waals surface area contributed by atoms with Crippen LogP contribution in [-0.2, 0) is 6.42 Å². The first-order valence-electron chi connectivity index (χ1n) is 6.95. The molecule has 5 heteroatoms. The quantitative estimate of drug-likeness (QED) is 0.859. The van der Waals surface area contributed by atoms with Crippen LogP contribution < -0.4 is 5.32 Å². The molecule has 0 amide bonds. The molecule has 1 unspecified atom stereocenters. The molecule has 0 aromatic carbocycles. The number of rotatable bonds is 5. The molecule has 0 saturated carbocycles. The van der Waals surface area contributed by atoms with Crippen molar-refractivity contribution in [2.45, 2.75) is 45.1 Å². The van der Waals surface area contributed by atoms with Gasteiger partial charge in [0, 0.05) is 18.4 Å². The second-order valence-electron chi connectivity index (χ2n) is 5.15. The first-order valence-corrected chi connectivity index (χ1v) is 6.95. The molecule has 1 atom stereocenters. The lowest BCUT2D eigenvalue weighted by Crippen LogP contribution is -2.32. The summed E-state index contributed by atoms with van der Waals surface area (Å²) in [5.41, 5.74) is 0. The van der Waals surface area contributed by atoms with Gasteiger partial charge in [0.25, 0.3) is 0 Å². The lowest BCUT2D eigenvalue weighted by molar-refractivity contribution is 0.202. The Morgan fingerprint density at radius 1 is 1.44 bits per heavy atom. The summed E-state index contributed by atoms with van der Waals surface area (Å²) in [6.45, 7) is 7.76. The van der Waals surface area contributed by atoms with Crippen molar-refractivity contribution in [2.24, 2.45) is 0 Å². The van der Waals surface area contributed by atoms with Gasteiger partial charge in [0.05, 0.1) is 0 Å². The van der Waals surface area contributed by atoms with Gasteiger partial charge in [-0.1, -0.05) is 12.1 Å². The number of hydrogen-bond acceptors (Lipinski definition) is 5. The molecule has 0 bridgehead atoms. The van der Waals surface area contributed by atoms with Crippen LogP contribution in [0.2, 0.25) is 0 Å². The van der Waals surface area contributed by atoms with Gasteiger partial charge in [0.2, 0.25) is 5.89 Å². The summed E-state index contributed by atoms with van der Waals surface area (Å²) in [5, 5.41) is 7.27. The fourth-order valence-corrected chi connectivity index (χ4v) is 2.39. The third-order valence-corrected chi connectivity index (χ3v) is 3.85. The zero-order chi connectivity index (χ0) is 13.0. The molecule has 0 radical (unpaired) electrons. The van der Waals surface area contributed by atoms with Crippen molar-refractivity contribution in [3.8, 4) is 0 Å². The Kier molecular flexibility index (Phi) is 4.72. The topological polar surface area (TPSA) is 54.2 Å². The van der Waals surface area contributed by atoms with E-state index in [1.54, 1.807) is 0 Å². The van der Waals surface area contributed by atoms with E-state index in [2.05, 4.69) is 34.2 Å². The van der Waals surface area contributed by atoms with Crippen LogP contribution in [0.1, 0.15) is 44.3 Å². The number of likely N-dealkylation sites (N-methyl/N-ethyl adjacent to an activating group) is 1. The summed E-state index contributed by atoms with van der Waals surface area (Å²) in [7, 11) is 1.95. The first kappa shape index (κ1) is 13.5. The van der Waals surface area contributed by atoms with Gasteiger partial charge >= 0.3 is 0 Å². The van der Waals surface area contributed by atoms with E-state index < -0.39 is 0 Å². The van der Waals surface area contributed by atoms with Crippen LogP contribution in [0.5, 0.6) is 0 Å². The minimum Gasteiger partial charge on any atom is -0.339 e. The monoisotopic (exact) mass is 252 g/mol. The molecule has 102 valence electrons. The Labute approximate surface area is 109 Å². The third-order valence-electron chi connectivity index (χ3n) is 3.85. The van der Waals surface area contributed by atoms with E-state index in [-0.39, 0.29) is 0 Å².